The molecule has 32 heavy (non-hydrogen) atoms. The van der Waals surface area contributed by atoms with Gasteiger partial charge in [0.25, 0.3) is 0 Å². The molecule has 0 bridgehead atoms. The van der Waals surface area contributed by atoms with Crippen molar-refractivity contribution >= 4 is 23.0 Å². The van der Waals surface area contributed by atoms with Crippen molar-refractivity contribution < 1.29 is 4.58 Å². The average Bonchev–Trinajstić information content (AvgIpc) is 3.40. The van der Waals surface area contributed by atoms with E-state index in [1.54, 1.807) is 0 Å². The minimum absolute atomic E-state index is 0.160. The molecule has 162 valence electrons. The van der Waals surface area contributed by atoms with Crippen molar-refractivity contribution in [3.63, 3.8) is 0 Å². The Morgan fingerprint density at radius 1 is 0.875 bits per heavy atom. The highest BCUT2D eigenvalue weighted by Crippen LogP contribution is 2.45. The Hall–Kier alpha value is -2.64. The van der Waals surface area contributed by atoms with Gasteiger partial charge >= 0.3 is 0 Å². The zero-order valence-electron chi connectivity index (χ0n) is 18.8. The summed E-state index contributed by atoms with van der Waals surface area (Å²) in [4.78, 5) is 0. The molecule has 0 aromatic heterocycles. The topological polar surface area (TPSA) is 3.01 Å². The Balaban J connectivity index is 1.68. The van der Waals surface area contributed by atoms with E-state index in [0.29, 0.717) is 5.92 Å². The first-order chi connectivity index (χ1) is 15.7. The number of benzene rings is 3. The van der Waals surface area contributed by atoms with Crippen molar-refractivity contribution in [2.24, 2.45) is 5.92 Å². The first-order valence-corrected chi connectivity index (χ1v) is 12.2. The lowest BCUT2D eigenvalue weighted by molar-refractivity contribution is -0.401. The van der Waals surface area contributed by atoms with E-state index in [9.17, 15) is 0 Å². The second-order valence-corrected chi connectivity index (χ2v) is 9.85. The molecule has 0 saturated heterocycles. The van der Waals surface area contributed by atoms with Gasteiger partial charge in [0.05, 0.1) is 5.41 Å². The first kappa shape index (κ1) is 21.2. The summed E-state index contributed by atoms with van der Waals surface area (Å²) >= 11 is 6.59. The summed E-state index contributed by atoms with van der Waals surface area (Å²) in [6.07, 6.45) is 12.2. The van der Waals surface area contributed by atoms with Crippen LogP contribution in [0.2, 0.25) is 5.02 Å². The van der Waals surface area contributed by atoms with Gasteiger partial charge in [-0.3, -0.25) is 0 Å². The fourth-order valence-corrected chi connectivity index (χ4v) is 5.92. The molecule has 5 rings (SSSR count). The van der Waals surface area contributed by atoms with Crippen LogP contribution in [0.25, 0.3) is 0 Å². The monoisotopic (exact) mass is 440 g/mol. The zero-order chi connectivity index (χ0) is 22.0. The third-order valence-electron chi connectivity index (χ3n) is 7.31. The molecule has 1 saturated carbocycles. The molecule has 3 aromatic rings. The van der Waals surface area contributed by atoms with Crippen LogP contribution in [0.1, 0.15) is 42.4 Å². The summed E-state index contributed by atoms with van der Waals surface area (Å²) in [7, 11) is 2.22. The Morgan fingerprint density at radius 2 is 1.47 bits per heavy atom. The van der Waals surface area contributed by atoms with Gasteiger partial charge in [0.2, 0.25) is 5.69 Å². The van der Waals surface area contributed by atoms with Crippen molar-refractivity contribution in [1.29, 1.82) is 0 Å². The SMILES string of the molecule is C[N+]1=C(C=CC2CCCC2)C(Cc2ccccc2)(Cc2ccccc2)c2cc(Cl)ccc21. The second-order valence-electron chi connectivity index (χ2n) is 9.42. The van der Waals surface area contributed by atoms with Crippen LogP contribution >= 0.6 is 11.6 Å². The van der Waals surface area contributed by atoms with Gasteiger partial charge in [-0.25, -0.2) is 0 Å². The molecule has 2 aliphatic rings. The zero-order valence-corrected chi connectivity index (χ0v) is 19.6. The Bertz CT molecular complexity index is 1100. The van der Waals surface area contributed by atoms with Gasteiger partial charge in [-0.1, -0.05) is 91.2 Å². The lowest BCUT2D eigenvalue weighted by Crippen LogP contribution is -2.39. The van der Waals surface area contributed by atoms with Gasteiger partial charge < -0.3 is 0 Å². The van der Waals surface area contributed by atoms with E-state index in [1.807, 2.05) is 6.07 Å². The molecule has 0 N–H and O–H groups in total. The quantitative estimate of drug-likeness (QED) is 0.348. The molecule has 0 atom stereocenters. The van der Waals surface area contributed by atoms with Crippen LogP contribution in [0.5, 0.6) is 0 Å². The fourth-order valence-electron chi connectivity index (χ4n) is 5.74. The summed E-state index contributed by atoms with van der Waals surface area (Å²) in [6.45, 7) is 0. The predicted molar refractivity (Wildman–Crippen MR) is 135 cm³/mol. The van der Waals surface area contributed by atoms with E-state index in [2.05, 4.69) is 96.6 Å². The van der Waals surface area contributed by atoms with E-state index in [1.165, 1.54) is 53.8 Å². The maximum absolute atomic E-state index is 6.59. The minimum Gasteiger partial charge on any atom is -0.198 e. The van der Waals surface area contributed by atoms with E-state index in [-0.39, 0.29) is 5.41 Å². The highest BCUT2D eigenvalue weighted by atomic mass is 35.5. The van der Waals surface area contributed by atoms with Gasteiger partial charge in [-0.05, 0) is 54.9 Å². The summed E-state index contributed by atoms with van der Waals surface area (Å²) in [5.41, 5.74) is 6.55. The molecule has 3 aromatic carbocycles. The molecule has 0 radical (unpaired) electrons. The van der Waals surface area contributed by atoms with Crippen molar-refractivity contribution in [1.82, 2.24) is 0 Å². The first-order valence-electron chi connectivity index (χ1n) is 11.8. The average molecular weight is 441 g/mol. The molecule has 0 amide bonds. The molecule has 0 unspecified atom stereocenters. The maximum atomic E-state index is 6.59. The molecule has 1 aliphatic carbocycles. The number of hydrogen-bond donors (Lipinski definition) is 0. The van der Waals surface area contributed by atoms with Crippen LogP contribution in [0.3, 0.4) is 0 Å². The van der Waals surface area contributed by atoms with Gasteiger partial charge in [0.15, 0.2) is 5.71 Å². The van der Waals surface area contributed by atoms with E-state index < -0.39 is 0 Å². The third kappa shape index (κ3) is 4.07. The van der Waals surface area contributed by atoms with E-state index in [0.717, 1.165) is 17.9 Å². The van der Waals surface area contributed by atoms with E-state index >= 15 is 0 Å². The number of nitrogens with zero attached hydrogens (tertiary/aromatic N) is 1. The van der Waals surface area contributed by atoms with Gasteiger partial charge in [0.1, 0.15) is 7.05 Å². The number of hydrogen-bond acceptors (Lipinski definition) is 0. The highest BCUT2D eigenvalue weighted by molar-refractivity contribution is 6.30. The largest absolute Gasteiger partial charge is 0.209 e. The Kier molecular flexibility index (Phi) is 6.02. The van der Waals surface area contributed by atoms with Crippen molar-refractivity contribution in [2.75, 3.05) is 7.05 Å². The molecular weight excluding hydrogens is 410 g/mol. The number of fused-ring (bicyclic) bond motifs is 1. The normalized spacial score (nSPS) is 17.9. The van der Waals surface area contributed by atoms with E-state index in [4.69, 9.17) is 11.6 Å². The summed E-state index contributed by atoms with van der Waals surface area (Å²) in [6, 6.07) is 28.3. The van der Waals surface area contributed by atoms with Crippen molar-refractivity contribution in [3.8, 4) is 0 Å². The number of halogens is 1. The second kappa shape index (κ2) is 9.08. The van der Waals surface area contributed by atoms with Crippen LogP contribution in [0, 0.1) is 5.92 Å². The van der Waals surface area contributed by atoms with Crippen LogP contribution in [0.15, 0.2) is 91.0 Å². The Morgan fingerprint density at radius 3 is 2.06 bits per heavy atom. The molecule has 1 nitrogen and oxygen atoms in total. The van der Waals surface area contributed by atoms with Crippen LogP contribution in [-0.4, -0.2) is 17.3 Å². The number of allylic oxidation sites excluding steroid dienone is 2. The molecule has 0 spiro atoms. The lowest BCUT2D eigenvalue weighted by Gasteiger charge is -2.28. The van der Waals surface area contributed by atoms with Gasteiger partial charge in [-0.15, -0.1) is 0 Å². The van der Waals surface area contributed by atoms with Gasteiger partial charge in [0, 0.05) is 22.7 Å². The fraction of sp³-hybridized carbons (Fsp3) is 0.300. The van der Waals surface area contributed by atoms with Crippen LogP contribution in [0.4, 0.5) is 5.69 Å². The Labute approximate surface area is 197 Å². The smallest absolute Gasteiger partial charge is 0.198 e. The summed E-state index contributed by atoms with van der Waals surface area (Å²) in [5, 5.41) is 0.809. The minimum atomic E-state index is -0.160. The predicted octanol–water partition coefficient (Wildman–Crippen LogP) is 7.54. The molecule has 1 aliphatic heterocycles. The molecular formula is C30H31ClN+. The standard InChI is InChI=1S/C30H31ClN/c1-32-28-18-17-26(31)20-27(28)30(21-24-12-4-2-5-13-24,22-25-14-6-3-7-15-25)29(32)19-16-23-10-8-9-11-23/h2-7,12-20,23H,8-11,21-22H2,1H3/q+1. The van der Waals surface area contributed by atoms with Crippen molar-refractivity contribution in [2.45, 2.75) is 43.9 Å². The summed E-state index contributed by atoms with van der Waals surface area (Å²) in [5.74, 6) is 0.703. The molecule has 1 heterocycles. The number of rotatable bonds is 6. The maximum Gasteiger partial charge on any atom is 0.209 e. The highest BCUT2D eigenvalue weighted by Gasteiger charge is 2.50. The lowest BCUT2D eigenvalue weighted by atomic mass is 9.69. The third-order valence-corrected chi connectivity index (χ3v) is 7.55. The van der Waals surface area contributed by atoms with Crippen molar-refractivity contribution in [3.05, 3.63) is 113 Å². The molecule has 2 heteroatoms. The molecule has 1 fully saturated rings. The summed E-state index contributed by atoms with van der Waals surface area (Å²) < 4.78 is 2.41. The van der Waals surface area contributed by atoms with Gasteiger partial charge in [-0.2, -0.15) is 4.58 Å². The van der Waals surface area contributed by atoms with Crippen LogP contribution < -0.4 is 0 Å². The van der Waals surface area contributed by atoms with Crippen LogP contribution in [-0.2, 0) is 18.3 Å².